The number of imidazole rings is 2. The van der Waals surface area contributed by atoms with Crippen molar-refractivity contribution in [1.29, 1.82) is 0 Å². The van der Waals surface area contributed by atoms with Gasteiger partial charge in [-0.05, 0) is 41.0 Å². The predicted octanol–water partition coefficient (Wildman–Crippen LogP) is 8.17. The van der Waals surface area contributed by atoms with Gasteiger partial charge >= 0.3 is 22.4 Å². The Bertz CT molecular complexity index is 2570. The average molecular weight is 884 g/mol. The van der Waals surface area contributed by atoms with Crippen LogP contribution >= 0.6 is 0 Å². The van der Waals surface area contributed by atoms with E-state index in [4.69, 9.17) is 9.97 Å². The number of fused-ring (bicyclic) bond motifs is 2. The Morgan fingerprint density at radius 2 is 0.864 bits per heavy atom. The van der Waals surface area contributed by atoms with E-state index in [1.807, 2.05) is 0 Å². The number of nitro benzene ring substituents is 3. The van der Waals surface area contributed by atoms with Crippen LogP contribution in [0.15, 0.2) is 152 Å². The molecule has 0 aliphatic rings. The topological polar surface area (TPSA) is 191 Å². The number of benzene rings is 6. The van der Waals surface area contributed by atoms with Crippen molar-refractivity contribution in [3.63, 3.8) is 0 Å². The first-order valence-electron chi connectivity index (χ1n) is 18.1. The molecule has 6 aromatic carbocycles. The average Bonchev–Trinajstić information content (AvgIpc) is 3.75. The van der Waals surface area contributed by atoms with Crippen LogP contribution in [0.1, 0.15) is 28.3 Å². The second kappa shape index (κ2) is 18.9. The van der Waals surface area contributed by atoms with E-state index in [0.29, 0.717) is 25.2 Å². The van der Waals surface area contributed by atoms with Gasteiger partial charge in [-0.25, -0.2) is 9.97 Å². The zero-order valence-electron chi connectivity index (χ0n) is 31.2. The third-order valence-corrected chi connectivity index (χ3v) is 9.45. The van der Waals surface area contributed by atoms with Gasteiger partial charge < -0.3 is 14.2 Å². The van der Waals surface area contributed by atoms with Gasteiger partial charge in [-0.1, -0.05) is 115 Å². The van der Waals surface area contributed by atoms with Crippen LogP contribution in [0.2, 0.25) is 0 Å². The molecule has 0 atom stereocenters. The van der Waals surface area contributed by atoms with E-state index >= 15 is 0 Å². The van der Waals surface area contributed by atoms with Crippen LogP contribution in [-0.2, 0) is 55.1 Å². The molecule has 0 amide bonds. The first kappa shape index (κ1) is 41.6. The number of nitro groups is 3. The summed E-state index contributed by atoms with van der Waals surface area (Å²) in [4.78, 5) is 40.3. The van der Waals surface area contributed by atoms with Crippen molar-refractivity contribution in [3.05, 3.63) is 210 Å². The number of hydrogen-bond donors (Lipinski definition) is 0. The second-order valence-electron chi connectivity index (χ2n) is 13.4. The van der Waals surface area contributed by atoms with Gasteiger partial charge in [0.2, 0.25) is 0 Å². The van der Waals surface area contributed by atoms with Crippen LogP contribution in [0.25, 0.3) is 22.1 Å². The van der Waals surface area contributed by atoms with Crippen molar-refractivity contribution < 1.29 is 42.3 Å². The van der Waals surface area contributed by atoms with Gasteiger partial charge in [-0.2, -0.15) is 0 Å². The molecular formula is C43H35AgN8O7. The quantitative estimate of drug-likeness (QED) is 0.0620. The molecule has 0 spiro atoms. The van der Waals surface area contributed by atoms with Crippen LogP contribution in [0.4, 0.5) is 17.1 Å². The van der Waals surface area contributed by atoms with Gasteiger partial charge in [0.05, 0.1) is 67.8 Å². The Balaban J connectivity index is 0.000000292. The van der Waals surface area contributed by atoms with E-state index in [1.165, 1.54) is 16.7 Å². The van der Waals surface area contributed by atoms with Gasteiger partial charge in [0.1, 0.15) is 11.6 Å². The molecular weight excluding hydrogens is 848 g/mol. The summed E-state index contributed by atoms with van der Waals surface area (Å²) in [6.07, 6.45) is 0. The molecule has 0 saturated carbocycles. The Kier molecular flexibility index (Phi) is 13.3. The van der Waals surface area contributed by atoms with E-state index in [1.54, 1.807) is 0 Å². The first-order valence-corrected chi connectivity index (χ1v) is 18.1. The Morgan fingerprint density at radius 3 is 1.25 bits per heavy atom. The van der Waals surface area contributed by atoms with Crippen molar-refractivity contribution in [1.82, 2.24) is 24.0 Å². The van der Waals surface area contributed by atoms with Crippen LogP contribution in [0, 0.1) is 30.3 Å². The molecule has 0 unspecified atom stereocenters. The summed E-state index contributed by atoms with van der Waals surface area (Å²) >= 11 is 0. The van der Waals surface area contributed by atoms with Crippen LogP contribution in [0.3, 0.4) is 0 Å². The van der Waals surface area contributed by atoms with E-state index in [-0.39, 0.29) is 22.4 Å². The SMILES string of the molecule is O=[N+]([O-])c1cc([N+](=O)[O-])c([O-])c([N+](=O)[O-])c1.[Ag+].c1ccc(CN(Cc2nc3ccccc3n2Cc2ccccc2)Cc2nc3ccccc3n2Cc2ccccc2)cc1. The molecule has 16 heteroatoms. The normalized spacial score (nSPS) is 10.9. The smallest absolute Gasteiger partial charge is 0.863 e. The molecule has 0 aliphatic carbocycles. The zero-order chi connectivity index (χ0) is 40.6. The standard InChI is InChI=1S/C37H33N5.C6H3N3O7.Ag/c1-4-14-29(15-5-1)24-40(27-36-38-32-20-10-12-22-34(32)41(36)25-30-16-6-2-7-17-30)28-37-39-33-21-11-13-23-35(33)42(37)26-31-18-8-3-9-19-31;10-6-4(8(13)14)1-3(7(11)12)2-5(6)9(15)16;/h1-23H,24-28H2;1-2,10H;/q;;+1/p-1. The first-order chi connectivity index (χ1) is 28.1. The van der Waals surface area contributed by atoms with Gasteiger partial charge in [-0.15, -0.1) is 0 Å². The summed E-state index contributed by atoms with van der Waals surface area (Å²) in [5.74, 6) is 0.656. The van der Waals surface area contributed by atoms with E-state index in [2.05, 4.69) is 154 Å². The number of hydrogen-bond acceptors (Lipinski definition) is 10. The summed E-state index contributed by atoms with van der Waals surface area (Å²) in [6, 6.07) is 49.7. The Hall–Kier alpha value is -7.04. The van der Waals surface area contributed by atoms with Gasteiger partial charge in [0, 0.05) is 19.6 Å². The van der Waals surface area contributed by atoms with E-state index in [0.717, 1.165) is 53.3 Å². The fourth-order valence-corrected chi connectivity index (χ4v) is 6.75. The molecule has 0 fully saturated rings. The molecule has 8 rings (SSSR count). The molecule has 0 N–H and O–H groups in total. The number of para-hydroxylation sites is 4. The van der Waals surface area contributed by atoms with Gasteiger partial charge in [-0.3, -0.25) is 35.2 Å². The maximum atomic E-state index is 11.1. The number of aromatic nitrogens is 4. The number of nitrogens with zero attached hydrogens (tertiary/aromatic N) is 8. The summed E-state index contributed by atoms with van der Waals surface area (Å²) in [5.41, 5.74) is 4.91. The molecule has 2 heterocycles. The molecule has 0 radical (unpaired) electrons. The monoisotopic (exact) mass is 882 g/mol. The maximum absolute atomic E-state index is 11.1. The molecule has 8 aromatic rings. The molecule has 0 saturated heterocycles. The fraction of sp³-hybridized carbons (Fsp3) is 0.116. The molecule has 15 nitrogen and oxygen atoms in total. The third kappa shape index (κ3) is 9.92. The minimum absolute atomic E-state index is 0. The minimum Gasteiger partial charge on any atom is -0.863 e. The molecule has 0 aliphatic heterocycles. The van der Waals surface area contributed by atoms with Crippen LogP contribution < -0.4 is 5.11 Å². The summed E-state index contributed by atoms with van der Waals surface area (Å²) in [5, 5.41) is 42.1. The Labute approximate surface area is 352 Å². The zero-order valence-corrected chi connectivity index (χ0v) is 32.7. The maximum Gasteiger partial charge on any atom is 1.00 e. The van der Waals surface area contributed by atoms with Crippen molar-refractivity contribution in [2.45, 2.75) is 32.7 Å². The molecule has 0 bridgehead atoms. The van der Waals surface area contributed by atoms with E-state index in [9.17, 15) is 35.4 Å². The largest absolute Gasteiger partial charge is 1.00 e. The fourth-order valence-electron chi connectivity index (χ4n) is 6.75. The molecule has 2 aromatic heterocycles. The molecule has 59 heavy (non-hydrogen) atoms. The molecule has 300 valence electrons. The van der Waals surface area contributed by atoms with Crippen molar-refractivity contribution >= 4 is 39.1 Å². The summed E-state index contributed by atoms with van der Waals surface area (Å²) < 4.78 is 4.74. The number of non-ortho nitro benzene ring substituents is 1. The van der Waals surface area contributed by atoms with Gasteiger partial charge in [0.25, 0.3) is 17.1 Å². The van der Waals surface area contributed by atoms with Crippen LogP contribution in [0.5, 0.6) is 5.75 Å². The Morgan fingerprint density at radius 1 is 0.492 bits per heavy atom. The van der Waals surface area contributed by atoms with Crippen molar-refractivity contribution in [2.24, 2.45) is 0 Å². The van der Waals surface area contributed by atoms with Crippen molar-refractivity contribution in [3.8, 4) is 5.75 Å². The minimum atomic E-state index is -1.46. The number of rotatable bonds is 13. The predicted molar refractivity (Wildman–Crippen MR) is 216 cm³/mol. The second-order valence-corrected chi connectivity index (χ2v) is 13.4. The summed E-state index contributed by atoms with van der Waals surface area (Å²) in [6.45, 7) is 3.75. The van der Waals surface area contributed by atoms with E-state index < -0.39 is 37.6 Å². The third-order valence-electron chi connectivity index (χ3n) is 9.45. The van der Waals surface area contributed by atoms with Gasteiger partial charge in [0.15, 0.2) is 0 Å². The van der Waals surface area contributed by atoms with Crippen molar-refractivity contribution in [2.75, 3.05) is 0 Å². The van der Waals surface area contributed by atoms with Crippen LogP contribution in [-0.4, -0.2) is 38.8 Å². The summed E-state index contributed by atoms with van der Waals surface area (Å²) in [7, 11) is 0.